The first-order valence-electron chi connectivity index (χ1n) is 14.8. The van der Waals surface area contributed by atoms with Crippen LogP contribution in [0.25, 0.3) is 33.3 Å². The second-order valence-corrected chi connectivity index (χ2v) is 11.9. The minimum atomic E-state index is -0.559. The van der Waals surface area contributed by atoms with Crippen molar-refractivity contribution in [3.8, 4) is 28.3 Å². The number of anilines is 1. The lowest BCUT2D eigenvalue weighted by atomic mass is 9.97. The zero-order valence-corrected chi connectivity index (χ0v) is 23.6. The largest absolute Gasteiger partial charge is 0.476 e. The van der Waals surface area contributed by atoms with E-state index in [0.29, 0.717) is 53.5 Å². The zero-order valence-electron chi connectivity index (χ0n) is 23.6. The van der Waals surface area contributed by atoms with Crippen LogP contribution in [0.1, 0.15) is 56.6 Å². The molecule has 5 heterocycles. The first-order valence-corrected chi connectivity index (χ1v) is 14.8. The van der Waals surface area contributed by atoms with Gasteiger partial charge in [0.1, 0.15) is 29.8 Å². The normalized spacial score (nSPS) is 20.3. The van der Waals surface area contributed by atoms with E-state index in [2.05, 4.69) is 9.80 Å². The van der Waals surface area contributed by atoms with Gasteiger partial charge in [-0.3, -0.25) is 4.98 Å². The standard InChI is InChI=1S/C33H35F2N5O/c1-39(2)17-18-41-33-28(24-10-6-16-36-29(24)20-12-13-20)31-25(32(38-33)40-21-7-5-8-22(40)15-14-21)19-27(35)30(37-31)23-9-3-4-11-26(23)34/h3-4,6,9-11,16,19-22H,5,7-8,12-15,17-18H2,1-2H3. The van der Waals surface area contributed by atoms with Crippen molar-refractivity contribution in [1.82, 2.24) is 19.9 Å². The number of hydrogen-bond acceptors (Lipinski definition) is 6. The number of rotatable bonds is 8. The van der Waals surface area contributed by atoms with E-state index in [0.717, 1.165) is 55.6 Å². The summed E-state index contributed by atoms with van der Waals surface area (Å²) in [4.78, 5) is 19.4. The van der Waals surface area contributed by atoms with E-state index in [9.17, 15) is 4.39 Å². The molecule has 0 radical (unpaired) electrons. The van der Waals surface area contributed by atoms with E-state index < -0.39 is 11.6 Å². The quantitative estimate of drug-likeness (QED) is 0.234. The van der Waals surface area contributed by atoms with Crippen LogP contribution in [0.3, 0.4) is 0 Å². The highest BCUT2D eigenvalue weighted by atomic mass is 19.1. The monoisotopic (exact) mass is 555 g/mol. The Morgan fingerprint density at radius 2 is 1.66 bits per heavy atom. The molecule has 212 valence electrons. The van der Waals surface area contributed by atoms with E-state index >= 15 is 4.39 Å². The van der Waals surface area contributed by atoms with Crippen LogP contribution in [0.4, 0.5) is 14.6 Å². The second kappa shape index (κ2) is 10.6. The summed E-state index contributed by atoms with van der Waals surface area (Å²) in [5.41, 5.74) is 3.30. The molecule has 3 aliphatic rings. The van der Waals surface area contributed by atoms with Gasteiger partial charge in [0.25, 0.3) is 0 Å². The molecule has 4 aromatic rings. The summed E-state index contributed by atoms with van der Waals surface area (Å²) in [5, 5.41) is 0.641. The Morgan fingerprint density at radius 3 is 2.39 bits per heavy atom. The molecule has 3 aromatic heterocycles. The van der Waals surface area contributed by atoms with Crippen molar-refractivity contribution in [2.75, 3.05) is 32.1 Å². The zero-order chi connectivity index (χ0) is 28.1. The number of aromatic nitrogens is 3. The number of halogens is 2. The molecule has 2 atom stereocenters. The Labute approximate surface area is 239 Å². The van der Waals surface area contributed by atoms with Crippen LogP contribution in [-0.4, -0.2) is 59.2 Å². The summed E-state index contributed by atoms with van der Waals surface area (Å²) in [6.07, 6.45) is 9.54. The van der Waals surface area contributed by atoms with Crippen LogP contribution < -0.4 is 9.64 Å². The van der Waals surface area contributed by atoms with Gasteiger partial charge < -0.3 is 14.5 Å². The summed E-state index contributed by atoms with van der Waals surface area (Å²) < 4.78 is 37.4. The highest BCUT2D eigenvalue weighted by Crippen LogP contribution is 2.49. The number of nitrogens with zero attached hydrogens (tertiary/aromatic N) is 5. The number of fused-ring (bicyclic) bond motifs is 3. The first-order chi connectivity index (χ1) is 20.0. The van der Waals surface area contributed by atoms with Gasteiger partial charge in [-0.15, -0.1) is 0 Å². The Balaban J connectivity index is 1.52. The van der Waals surface area contributed by atoms with Gasteiger partial charge >= 0.3 is 0 Å². The van der Waals surface area contributed by atoms with E-state index in [1.165, 1.54) is 18.6 Å². The molecule has 1 saturated carbocycles. The minimum absolute atomic E-state index is 0.00767. The Morgan fingerprint density at radius 1 is 0.902 bits per heavy atom. The lowest BCUT2D eigenvalue weighted by Crippen LogP contribution is -2.40. The van der Waals surface area contributed by atoms with Crippen molar-refractivity contribution in [2.24, 2.45) is 0 Å². The molecule has 0 N–H and O–H groups in total. The molecule has 8 heteroatoms. The molecule has 41 heavy (non-hydrogen) atoms. The molecule has 0 amide bonds. The fourth-order valence-electron chi connectivity index (χ4n) is 6.65. The number of benzene rings is 1. The fraction of sp³-hybridized carbons (Fsp3) is 0.424. The van der Waals surface area contributed by atoms with Gasteiger partial charge in [-0.25, -0.2) is 13.8 Å². The highest BCUT2D eigenvalue weighted by molar-refractivity contribution is 6.03. The molecule has 2 unspecified atom stereocenters. The summed E-state index contributed by atoms with van der Waals surface area (Å²) in [6, 6.07) is 12.4. The van der Waals surface area contributed by atoms with Crippen molar-refractivity contribution in [3.05, 3.63) is 66.0 Å². The van der Waals surface area contributed by atoms with Gasteiger partial charge in [0.2, 0.25) is 5.88 Å². The van der Waals surface area contributed by atoms with E-state index in [1.807, 2.05) is 32.4 Å². The van der Waals surface area contributed by atoms with Crippen LogP contribution in [0.15, 0.2) is 48.7 Å². The number of ether oxygens (including phenoxy) is 1. The predicted molar refractivity (Wildman–Crippen MR) is 157 cm³/mol. The van der Waals surface area contributed by atoms with Gasteiger partial charge in [-0.2, -0.15) is 4.98 Å². The third kappa shape index (κ3) is 4.82. The van der Waals surface area contributed by atoms with Crippen LogP contribution >= 0.6 is 0 Å². The molecule has 6 nitrogen and oxygen atoms in total. The van der Waals surface area contributed by atoms with Crippen molar-refractivity contribution in [1.29, 1.82) is 0 Å². The molecule has 7 rings (SSSR count). The number of likely N-dealkylation sites (N-methyl/N-ethyl adjacent to an activating group) is 1. The van der Waals surface area contributed by atoms with Crippen LogP contribution in [0, 0.1) is 11.6 Å². The lowest BCUT2D eigenvalue weighted by molar-refractivity contribution is 0.255. The number of piperidine rings is 1. The smallest absolute Gasteiger partial charge is 0.225 e. The van der Waals surface area contributed by atoms with Crippen LogP contribution in [0.5, 0.6) is 5.88 Å². The van der Waals surface area contributed by atoms with Crippen LogP contribution in [-0.2, 0) is 0 Å². The van der Waals surface area contributed by atoms with Crippen molar-refractivity contribution in [2.45, 2.75) is 62.9 Å². The maximum atomic E-state index is 16.0. The molecule has 2 aliphatic heterocycles. The first kappa shape index (κ1) is 26.3. The molecule has 2 bridgehead atoms. The lowest BCUT2D eigenvalue weighted by Gasteiger charge is -2.37. The topological polar surface area (TPSA) is 54.4 Å². The SMILES string of the molecule is CN(C)CCOc1nc(N2C3CCCC2CC3)c2cc(F)c(-c3ccccc3F)nc2c1-c1cccnc1C1CC1. The second-order valence-electron chi connectivity index (χ2n) is 11.9. The molecular formula is C33H35F2N5O. The van der Waals surface area contributed by atoms with Gasteiger partial charge in [-0.1, -0.05) is 18.2 Å². The summed E-state index contributed by atoms with van der Waals surface area (Å²) in [5.74, 6) is 0.494. The Bertz CT molecular complexity index is 1590. The minimum Gasteiger partial charge on any atom is -0.476 e. The molecule has 0 spiro atoms. The molecule has 3 fully saturated rings. The summed E-state index contributed by atoms with van der Waals surface area (Å²) in [6.45, 7) is 1.15. The van der Waals surface area contributed by atoms with E-state index in [-0.39, 0.29) is 11.3 Å². The van der Waals surface area contributed by atoms with Crippen molar-refractivity contribution < 1.29 is 13.5 Å². The van der Waals surface area contributed by atoms with Crippen molar-refractivity contribution in [3.63, 3.8) is 0 Å². The van der Waals surface area contributed by atoms with Gasteiger partial charge in [0, 0.05) is 47.3 Å². The summed E-state index contributed by atoms with van der Waals surface area (Å²) in [7, 11) is 4.01. The van der Waals surface area contributed by atoms with E-state index in [1.54, 1.807) is 18.2 Å². The molecule has 2 saturated heterocycles. The maximum Gasteiger partial charge on any atom is 0.225 e. The maximum absolute atomic E-state index is 16.0. The van der Waals surface area contributed by atoms with E-state index in [4.69, 9.17) is 19.7 Å². The average molecular weight is 556 g/mol. The molecular weight excluding hydrogens is 520 g/mol. The molecule has 1 aromatic carbocycles. The number of pyridine rings is 3. The van der Waals surface area contributed by atoms with Gasteiger partial charge in [0.15, 0.2) is 0 Å². The number of hydrogen-bond donors (Lipinski definition) is 0. The Hall–Kier alpha value is -3.65. The highest BCUT2D eigenvalue weighted by Gasteiger charge is 2.39. The average Bonchev–Trinajstić information content (AvgIpc) is 3.78. The fourth-order valence-corrected chi connectivity index (χ4v) is 6.65. The molecule has 1 aliphatic carbocycles. The van der Waals surface area contributed by atoms with Crippen molar-refractivity contribution >= 4 is 16.7 Å². The van der Waals surface area contributed by atoms with Gasteiger partial charge in [-0.05, 0) is 83.3 Å². The van der Waals surface area contributed by atoms with Gasteiger partial charge in [0.05, 0.1) is 16.8 Å². The predicted octanol–water partition coefficient (Wildman–Crippen LogP) is 6.98. The van der Waals surface area contributed by atoms with Crippen LogP contribution in [0.2, 0.25) is 0 Å². The third-order valence-corrected chi connectivity index (χ3v) is 8.79. The Kier molecular flexibility index (Phi) is 6.81. The third-order valence-electron chi connectivity index (χ3n) is 8.79. The summed E-state index contributed by atoms with van der Waals surface area (Å²) >= 11 is 0.